The fourth-order valence-corrected chi connectivity index (χ4v) is 4.45. The van der Waals surface area contributed by atoms with Crippen LogP contribution in [0.5, 0.6) is 0 Å². The first-order chi connectivity index (χ1) is 13.8. The lowest BCUT2D eigenvalue weighted by molar-refractivity contribution is -0.125. The van der Waals surface area contributed by atoms with Gasteiger partial charge in [-0.25, -0.2) is 8.42 Å². The highest BCUT2D eigenvalue weighted by molar-refractivity contribution is 7.92. The Labute approximate surface area is 175 Å². The molecule has 2 amide bonds. The Morgan fingerprint density at radius 2 is 1.72 bits per heavy atom. The van der Waals surface area contributed by atoms with Crippen molar-refractivity contribution in [1.82, 2.24) is 10.2 Å². The quantitative estimate of drug-likeness (QED) is 0.754. The Bertz CT molecular complexity index is 1000. The molecule has 1 saturated heterocycles. The number of benzene rings is 2. The summed E-state index contributed by atoms with van der Waals surface area (Å²) in [6.07, 6.45) is 1.21. The van der Waals surface area contributed by atoms with E-state index in [1.54, 1.807) is 30.1 Å². The van der Waals surface area contributed by atoms with Crippen molar-refractivity contribution in [3.63, 3.8) is 0 Å². The van der Waals surface area contributed by atoms with Crippen LogP contribution in [-0.2, 0) is 14.8 Å². The van der Waals surface area contributed by atoms with Crippen molar-refractivity contribution in [3.05, 3.63) is 59.1 Å². The standard InChI is InChI=1S/C20H22ClN3O4S/c1-22-19(25)14-9-11-24(12-10-14)20(26)15-3-2-4-17(13-15)23-29(27,28)18-7-5-16(21)6-8-18/h2-8,13-14,23H,9-12H2,1H3,(H,22,25). The van der Waals surface area contributed by atoms with E-state index in [-0.39, 0.29) is 22.6 Å². The zero-order valence-corrected chi connectivity index (χ0v) is 17.5. The van der Waals surface area contributed by atoms with E-state index in [1.165, 1.54) is 30.3 Å². The lowest BCUT2D eigenvalue weighted by atomic mass is 9.95. The third kappa shape index (κ3) is 5.07. The molecule has 0 aliphatic carbocycles. The summed E-state index contributed by atoms with van der Waals surface area (Å²) in [5.74, 6) is -0.273. The van der Waals surface area contributed by atoms with Gasteiger partial charge in [-0.05, 0) is 55.3 Å². The van der Waals surface area contributed by atoms with Crippen molar-refractivity contribution in [2.75, 3.05) is 24.9 Å². The third-order valence-corrected chi connectivity index (χ3v) is 6.53. The SMILES string of the molecule is CNC(=O)C1CCN(C(=O)c2cccc(NS(=O)(=O)c3ccc(Cl)cc3)c2)CC1. The van der Waals surface area contributed by atoms with Gasteiger partial charge in [0.1, 0.15) is 0 Å². The molecule has 1 fully saturated rings. The fourth-order valence-electron chi connectivity index (χ4n) is 3.28. The predicted octanol–water partition coefficient (Wildman–Crippen LogP) is 2.74. The van der Waals surface area contributed by atoms with Gasteiger partial charge in [0.05, 0.1) is 4.90 Å². The van der Waals surface area contributed by atoms with Gasteiger partial charge in [0.25, 0.3) is 15.9 Å². The van der Waals surface area contributed by atoms with Gasteiger partial charge in [0.15, 0.2) is 0 Å². The van der Waals surface area contributed by atoms with E-state index in [9.17, 15) is 18.0 Å². The van der Waals surface area contributed by atoms with E-state index >= 15 is 0 Å². The Morgan fingerprint density at radius 1 is 1.07 bits per heavy atom. The van der Waals surface area contributed by atoms with Crippen LogP contribution >= 0.6 is 11.6 Å². The number of nitrogens with one attached hydrogen (secondary N) is 2. The molecule has 0 unspecified atom stereocenters. The molecule has 0 atom stereocenters. The largest absolute Gasteiger partial charge is 0.359 e. The summed E-state index contributed by atoms with van der Waals surface area (Å²) in [5, 5.41) is 3.08. The van der Waals surface area contributed by atoms with Gasteiger partial charge >= 0.3 is 0 Å². The van der Waals surface area contributed by atoms with Crippen LogP contribution in [0.4, 0.5) is 5.69 Å². The van der Waals surface area contributed by atoms with Crippen LogP contribution in [0.25, 0.3) is 0 Å². The molecule has 0 spiro atoms. The Kier molecular flexibility index (Phi) is 6.44. The monoisotopic (exact) mass is 435 g/mol. The van der Waals surface area contributed by atoms with Gasteiger partial charge in [0, 0.05) is 42.3 Å². The highest BCUT2D eigenvalue weighted by Gasteiger charge is 2.27. The number of rotatable bonds is 5. The van der Waals surface area contributed by atoms with E-state index in [1.807, 2.05) is 0 Å². The molecule has 0 bridgehead atoms. The molecule has 2 aromatic rings. The van der Waals surface area contributed by atoms with Crippen molar-refractivity contribution >= 4 is 39.1 Å². The second-order valence-electron chi connectivity index (χ2n) is 6.82. The van der Waals surface area contributed by atoms with E-state index in [2.05, 4.69) is 10.0 Å². The minimum atomic E-state index is -3.80. The average Bonchev–Trinajstić information content (AvgIpc) is 2.73. The van der Waals surface area contributed by atoms with Crippen LogP contribution in [0.3, 0.4) is 0 Å². The summed E-state index contributed by atoms with van der Waals surface area (Å²) in [6.45, 7) is 0.968. The normalized spacial score (nSPS) is 15.0. The van der Waals surface area contributed by atoms with E-state index in [0.717, 1.165) is 0 Å². The molecule has 0 aromatic heterocycles. The minimum absolute atomic E-state index is 0.00398. The van der Waals surface area contributed by atoms with E-state index < -0.39 is 10.0 Å². The highest BCUT2D eigenvalue weighted by Crippen LogP contribution is 2.22. The van der Waals surface area contributed by atoms with Gasteiger partial charge in [-0.1, -0.05) is 17.7 Å². The van der Waals surface area contributed by atoms with Crippen molar-refractivity contribution in [1.29, 1.82) is 0 Å². The number of hydrogen-bond donors (Lipinski definition) is 2. The maximum absolute atomic E-state index is 12.8. The lowest BCUT2D eigenvalue weighted by Crippen LogP contribution is -2.42. The number of anilines is 1. The molecule has 9 heteroatoms. The van der Waals surface area contributed by atoms with E-state index in [4.69, 9.17) is 11.6 Å². The van der Waals surface area contributed by atoms with Gasteiger partial charge in [-0.2, -0.15) is 0 Å². The highest BCUT2D eigenvalue weighted by atomic mass is 35.5. The second-order valence-corrected chi connectivity index (χ2v) is 8.94. The first kappa shape index (κ1) is 21.1. The predicted molar refractivity (Wildman–Crippen MR) is 111 cm³/mol. The number of nitrogens with zero attached hydrogens (tertiary/aromatic N) is 1. The van der Waals surface area contributed by atoms with Crippen LogP contribution in [0.15, 0.2) is 53.4 Å². The number of hydrogen-bond acceptors (Lipinski definition) is 4. The molecule has 1 aliphatic heterocycles. The molecule has 3 rings (SSSR count). The van der Waals surface area contributed by atoms with Crippen molar-refractivity contribution in [2.24, 2.45) is 5.92 Å². The summed E-state index contributed by atoms with van der Waals surface area (Å²) < 4.78 is 27.6. The number of sulfonamides is 1. The molecule has 0 radical (unpaired) electrons. The zero-order valence-electron chi connectivity index (χ0n) is 15.9. The van der Waals surface area contributed by atoms with Crippen molar-refractivity contribution < 1.29 is 18.0 Å². The topological polar surface area (TPSA) is 95.6 Å². The summed E-state index contributed by atoms with van der Waals surface area (Å²) in [6, 6.07) is 12.2. The molecule has 154 valence electrons. The van der Waals surface area contributed by atoms with Crippen LogP contribution in [0.2, 0.25) is 5.02 Å². The Balaban J connectivity index is 1.70. The third-order valence-electron chi connectivity index (χ3n) is 4.89. The number of amides is 2. The van der Waals surface area contributed by atoms with Crippen molar-refractivity contribution in [2.45, 2.75) is 17.7 Å². The number of likely N-dealkylation sites (tertiary alicyclic amines) is 1. The van der Waals surface area contributed by atoms with Crippen LogP contribution < -0.4 is 10.0 Å². The summed E-state index contributed by atoms with van der Waals surface area (Å²) >= 11 is 5.81. The van der Waals surface area contributed by atoms with Crippen molar-refractivity contribution in [3.8, 4) is 0 Å². The number of carbonyl (C=O) groups is 2. The second kappa shape index (κ2) is 8.84. The molecule has 2 aromatic carbocycles. The fraction of sp³-hybridized carbons (Fsp3) is 0.300. The Morgan fingerprint density at radius 3 is 2.34 bits per heavy atom. The molecule has 1 aliphatic rings. The van der Waals surface area contributed by atoms with Crippen LogP contribution in [0.1, 0.15) is 23.2 Å². The van der Waals surface area contributed by atoms with Gasteiger partial charge < -0.3 is 10.2 Å². The molecule has 2 N–H and O–H groups in total. The molecule has 0 saturated carbocycles. The lowest BCUT2D eigenvalue weighted by Gasteiger charge is -2.31. The smallest absolute Gasteiger partial charge is 0.261 e. The molecular formula is C20H22ClN3O4S. The van der Waals surface area contributed by atoms with Gasteiger partial charge in [-0.15, -0.1) is 0 Å². The van der Waals surface area contributed by atoms with E-state index in [0.29, 0.717) is 42.2 Å². The molecule has 29 heavy (non-hydrogen) atoms. The molecular weight excluding hydrogens is 414 g/mol. The first-order valence-electron chi connectivity index (χ1n) is 9.19. The minimum Gasteiger partial charge on any atom is -0.359 e. The summed E-state index contributed by atoms with van der Waals surface area (Å²) in [7, 11) is -2.19. The maximum Gasteiger partial charge on any atom is 0.261 e. The number of piperidine rings is 1. The maximum atomic E-state index is 12.8. The average molecular weight is 436 g/mol. The number of carbonyl (C=O) groups excluding carboxylic acids is 2. The zero-order chi connectivity index (χ0) is 21.0. The van der Waals surface area contributed by atoms with Crippen LogP contribution in [0, 0.1) is 5.92 Å². The summed E-state index contributed by atoms with van der Waals surface area (Å²) in [4.78, 5) is 26.3. The van der Waals surface area contributed by atoms with Gasteiger partial charge in [0.2, 0.25) is 5.91 Å². The Hall–Kier alpha value is -2.58. The first-order valence-corrected chi connectivity index (χ1v) is 11.1. The number of halogens is 1. The molecule has 1 heterocycles. The van der Waals surface area contributed by atoms with Gasteiger partial charge in [-0.3, -0.25) is 14.3 Å². The summed E-state index contributed by atoms with van der Waals surface area (Å²) in [5.41, 5.74) is 0.686. The molecule has 7 nitrogen and oxygen atoms in total. The van der Waals surface area contributed by atoms with Crippen LogP contribution in [-0.4, -0.2) is 45.3 Å².